The maximum atomic E-state index is 12.6. The number of hydrogen-bond acceptors (Lipinski definition) is 5. The second-order valence-corrected chi connectivity index (χ2v) is 7.63. The maximum absolute atomic E-state index is 12.6. The topological polar surface area (TPSA) is 69.9 Å². The molecule has 3 heterocycles. The molecule has 1 aromatic heterocycles. The molecule has 2 aliphatic heterocycles. The lowest BCUT2D eigenvalue weighted by Gasteiger charge is -2.26. The molecule has 1 aromatic carbocycles. The molecule has 124 valence electrons. The maximum Gasteiger partial charge on any atom is 0.323 e. The molecule has 2 unspecified atom stereocenters. The van der Waals surface area contributed by atoms with Crippen LogP contribution in [0.5, 0.6) is 0 Å². The van der Waals surface area contributed by atoms with Gasteiger partial charge in [0.2, 0.25) is 4.80 Å². The number of aromatic nitrogens is 1. The minimum Gasteiger partial charge on any atom is -0.302 e. The van der Waals surface area contributed by atoms with E-state index in [0.29, 0.717) is 9.33 Å². The number of carbonyl (C=O) groups is 1. The lowest BCUT2D eigenvalue weighted by Crippen LogP contribution is -2.54. The Morgan fingerprint density at radius 2 is 1.92 bits per heavy atom. The summed E-state index contributed by atoms with van der Waals surface area (Å²) in [5.41, 5.74) is 3.90. The van der Waals surface area contributed by atoms with Crippen LogP contribution in [0.2, 0.25) is 0 Å². The Kier molecular flexibility index (Phi) is 3.50. The van der Waals surface area contributed by atoms with Crippen LogP contribution in [0.1, 0.15) is 5.56 Å². The van der Waals surface area contributed by atoms with Crippen LogP contribution in [0.3, 0.4) is 0 Å². The molecule has 1 fully saturated rings. The summed E-state index contributed by atoms with van der Waals surface area (Å²) in [6, 6.07) is 7.61. The molecule has 0 spiro atoms. The largest absolute Gasteiger partial charge is 0.323 e. The van der Waals surface area contributed by atoms with Crippen molar-refractivity contribution in [2.45, 2.75) is 12.3 Å². The molecule has 1 saturated heterocycles. The summed E-state index contributed by atoms with van der Waals surface area (Å²) in [5.74, 6) is 0. The highest BCUT2D eigenvalue weighted by atomic mass is 79.9. The lowest BCUT2D eigenvalue weighted by molar-refractivity contribution is 0.200. The molecule has 1 N–H and O–H groups in total. The van der Waals surface area contributed by atoms with E-state index in [2.05, 4.69) is 26.3 Å². The van der Waals surface area contributed by atoms with Crippen molar-refractivity contribution in [3.8, 4) is 0 Å². The van der Waals surface area contributed by atoms with Gasteiger partial charge in [-0.25, -0.2) is 9.79 Å². The molecule has 2 aromatic rings. The summed E-state index contributed by atoms with van der Waals surface area (Å²) in [6.45, 7) is 0. The second-order valence-electron chi connectivity index (χ2n) is 5.71. The monoisotopic (exact) mass is 407 g/mol. The summed E-state index contributed by atoms with van der Waals surface area (Å²) in [6.07, 6.45) is 1.17. The van der Waals surface area contributed by atoms with E-state index in [4.69, 9.17) is 0 Å². The third kappa shape index (κ3) is 2.27. The quantitative estimate of drug-likeness (QED) is 0.740. The number of halogens is 1. The van der Waals surface area contributed by atoms with Gasteiger partial charge in [0.05, 0.1) is 4.53 Å². The van der Waals surface area contributed by atoms with Crippen molar-refractivity contribution in [3.05, 3.63) is 54.0 Å². The zero-order valence-electron chi connectivity index (χ0n) is 12.9. The zero-order valence-corrected chi connectivity index (χ0v) is 15.3. The first-order valence-electron chi connectivity index (χ1n) is 7.29. The van der Waals surface area contributed by atoms with E-state index < -0.39 is 0 Å². The molecule has 24 heavy (non-hydrogen) atoms. The number of benzene rings is 1. The Bertz CT molecular complexity index is 996. The van der Waals surface area contributed by atoms with Gasteiger partial charge in [-0.3, -0.25) is 10.2 Å². The van der Waals surface area contributed by atoms with Crippen LogP contribution < -0.4 is 20.3 Å². The van der Waals surface area contributed by atoms with Gasteiger partial charge in [-0.1, -0.05) is 39.4 Å². The average Bonchev–Trinajstić information content (AvgIpc) is 2.99. The van der Waals surface area contributed by atoms with Crippen LogP contribution in [0.25, 0.3) is 6.08 Å². The first-order valence-corrected chi connectivity index (χ1v) is 8.90. The Labute approximate surface area is 149 Å². The van der Waals surface area contributed by atoms with E-state index in [0.717, 1.165) is 10.0 Å². The van der Waals surface area contributed by atoms with E-state index in [1.165, 1.54) is 16.0 Å². The number of amides is 2. The Hall–Kier alpha value is -2.13. The third-order valence-electron chi connectivity index (χ3n) is 4.18. The minimum atomic E-state index is -0.345. The van der Waals surface area contributed by atoms with Gasteiger partial charge in [0, 0.05) is 18.6 Å². The fourth-order valence-corrected chi connectivity index (χ4v) is 4.06. The van der Waals surface area contributed by atoms with Gasteiger partial charge >= 0.3 is 6.03 Å². The number of urea groups is 1. The Balaban J connectivity index is 1.82. The van der Waals surface area contributed by atoms with Gasteiger partial charge in [-0.15, -0.1) is 0 Å². The van der Waals surface area contributed by atoms with Crippen LogP contribution in [-0.2, 0) is 0 Å². The van der Waals surface area contributed by atoms with Crippen LogP contribution >= 0.6 is 27.3 Å². The second kappa shape index (κ2) is 5.45. The molecule has 2 amide bonds. The minimum absolute atomic E-state index is 0.119. The van der Waals surface area contributed by atoms with Crippen LogP contribution in [-0.4, -0.2) is 46.9 Å². The fourth-order valence-electron chi connectivity index (χ4n) is 2.83. The molecule has 7 nitrogen and oxygen atoms in total. The summed E-state index contributed by atoms with van der Waals surface area (Å²) < 4.78 is 3.02. The zero-order chi connectivity index (χ0) is 17.0. The van der Waals surface area contributed by atoms with Crippen molar-refractivity contribution in [3.63, 3.8) is 0 Å². The fraction of sp³-hybridized carbons (Fsp3) is 0.267. The number of rotatable bonds is 1. The van der Waals surface area contributed by atoms with Gasteiger partial charge < -0.3 is 9.80 Å². The van der Waals surface area contributed by atoms with Gasteiger partial charge in [0.25, 0.3) is 5.56 Å². The molecule has 9 heteroatoms. The molecule has 2 atom stereocenters. The first kappa shape index (κ1) is 15.4. The van der Waals surface area contributed by atoms with Crippen molar-refractivity contribution in [2.24, 2.45) is 4.99 Å². The molecule has 0 radical (unpaired) electrons. The van der Waals surface area contributed by atoms with Gasteiger partial charge in [-0.2, -0.15) is 4.68 Å². The average molecular weight is 408 g/mol. The molecule has 0 saturated carbocycles. The molecular weight excluding hydrogens is 394 g/mol. The molecule has 0 aliphatic carbocycles. The summed E-state index contributed by atoms with van der Waals surface area (Å²) in [5, 5.41) is 0. The van der Waals surface area contributed by atoms with E-state index in [9.17, 15) is 9.59 Å². The van der Waals surface area contributed by atoms with Crippen molar-refractivity contribution >= 4 is 39.4 Å². The number of likely N-dealkylation sites (N-methyl/N-ethyl adjacent to an activating group) is 2. The number of thiazole rings is 1. The highest BCUT2D eigenvalue weighted by Gasteiger charge is 2.44. The number of fused-ring (bicyclic) bond motifs is 2. The summed E-state index contributed by atoms with van der Waals surface area (Å²) >= 11 is 4.71. The summed E-state index contributed by atoms with van der Waals surface area (Å²) in [4.78, 5) is 32.9. The van der Waals surface area contributed by atoms with Crippen LogP contribution in [0.15, 0.2) is 38.5 Å². The van der Waals surface area contributed by atoms with Crippen molar-refractivity contribution in [1.29, 1.82) is 0 Å². The number of nitrogens with one attached hydrogen (secondary N) is 1. The van der Waals surface area contributed by atoms with E-state index in [1.807, 2.05) is 30.3 Å². The van der Waals surface area contributed by atoms with Crippen LogP contribution in [0.4, 0.5) is 4.79 Å². The normalized spacial score (nSPS) is 23.0. The highest BCUT2D eigenvalue weighted by Crippen LogP contribution is 2.20. The Morgan fingerprint density at radius 3 is 2.62 bits per heavy atom. The van der Waals surface area contributed by atoms with E-state index in [-0.39, 0.29) is 23.9 Å². The lowest BCUT2D eigenvalue weighted by atomic mass is 10.2. The standard InChI is InChI=1S/C15H14BrN5O2S/c1-19-11-12(20(2)15(19)23)18-21-13(22)10(24-14(21)17-11)7-8-3-5-9(16)6-4-8/h3-7,11-12,18H,1-2H3/b10-7-. The number of hydrogen-bond donors (Lipinski definition) is 1. The summed E-state index contributed by atoms with van der Waals surface area (Å²) in [7, 11) is 3.41. The van der Waals surface area contributed by atoms with Gasteiger partial charge in [-0.05, 0) is 23.8 Å². The van der Waals surface area contributed by atoms with E-state index in [1.54, 1.807) is 23.9 Å². The van der Waals surface area contributed by atoms with Crippen molar-refractivity contribution in [2.75, 3.05) is 19.5 Å². The molecular formula is C15H14BrN5O2S. The first-order chi connectivity index (χ1) is 11.5. The van der Waals surface area contributed by atoms with E-state index >= 15 is 0 Å². The highest BCUT2D eigenvalue weighted by molar-refractivity contribution is 9.10. The van der Waals surface area contributed by atoms with Gasteiger partial charge in [0.1, 0.15) is 0 Å². The van der Waals surface area contributed by atoms with Gasteiger partial charge in [0.15, 0.2) is 12.3 Å². The predicted octanol–water partition coefficient (Wildman–Crippen LogP) is 0.327. The van der Waals surface area contributed by atoms with Crippen molar-refractivity contribution in [1.82, 2.24) is 14.5 Å². The van der Waals surface area contributed by atoms with Crippen LogP contribution in [0, 0.1) is 0 Å². The molecule has 2 aliphatic rings. The van der Waals surface area contributed by atoms with Crippen molar-refractivity contribution < 1.29 is 4.79 Å². The number of carbonyl (C=O) groups excluding carboxylic acids is 1. The smallest absolute Gasteiger partial charge is 0.302 e. The SMILES string of the molecule is CN1C(=O)N(C)C2Nn3c(s/c(=C\c4ccc(Br)cc4)c3=O)=NC21. The molecule has 0 bridgehead atoms. The number of nitrogens with zero attached hydrogens (tertiary/aromatic N) is 4. The predicted molar refractivity (Wildman–Crippen MR) is 94.9 cm³/mol. The molecule has 4 rings (SSSR count). The Morgan fingerprint density at radius 1 is 1.21 bits per heavy atom. The third-order valence-corrected chi connectivity index (χ3v) is 5.69.